The molecule has 1 aromatic heterocycles. The number of imidazole rings is 1. The van der Waals surface area contributed by atoms with Crippen molar-refractivity contribution >= 4 is 11.9 Å². The molecule has 1 unspecified atom stereocenters. The lowest BCUT2D eigenvalue weighted by Crippen LogP contribution is -2.39. The Kier molecular flexibility index (Phi) is 5.11. The molecule has 1 aromatic rings. The van der Waals surface area contributed by atoms with Gasteiger partial charge in [-0.15, -0.1) is 0 Å². The van der Waals surface area contributed by atoms with Crippen LogP contribution in [0.5, 0.6) is 0 Å². The Morgan fingerprint density at radius 1 is 1.60 bits per heavy atom. The van der Waals surface area contributed by atoms with Crippen molar-refractivity contribution in [3.63, 3.8) is 0 Å². The number of nitrogens with zero attached hydrogens (tertiary/aromatic N) is 2. The molecule has 20 heavy (non-hydrogen) atoms. The summed E-state index contributed by atoms with van der Waals surface area (Å²) in [5, 5.41) is 0. The van der Waals surface area contributed by atoms with E-state index in [0.29, 0.717) is 18.8 Å². The van der Waals surface area contributed by atoms with Gasteiger partial charge in [-0.25, -0.2) is 4.98 Å². The van der Waals surface area contributed by atoms with E-state index >= 15 is 0 Å². The van der Waals surface area contributed by atoms with Gasteiger partial charge in [-0.2, -0.15) is 0 Å². The van der Waals surface area contributed by atoms with Crippen LogP contribution in [0.2, 0.25) is 0 Å². The minimum Gasteiger partial charge on any atom is -0.469 e. The second-order valence-electron chi connectivity index (χ2n) is 4.68. The van der Waals surface area contributed by atoms with Gasteiger partial charge in [0.1, 0.15) is 5.69 Å². The van der Waals surface area contributed by atoms with Crippen molar-refractivity contribution in [1.82, 2.24) is 14.9 Å². The lowest BCUT2D eigenvalue weighted by atomic mass is 10.2. The van der Waals surface area contributed by atoms with Gasteiger partial charge in [0.25, 0.3) is 5.91 Å². The molecule has 0 aromatic carbocycles. The van der Waals surface area contributed by atoms with Crippen LogP contribution >= 0.6 is 0 Å². The van der Waals surface area contributed by atoms with E-state index in [4.69, 9.17) is 4.74 Å². The fourth-order valence-corrected chi connectivity index (χ4v) is 2.18. The lowest BCUT2D eigenvalue weighted by Gasteiger charge is -2.24. The van der Waals surface area contributed by atoms with Crippen LogP contribution in [0, 0.1) is 0 Å². The molecule has 110 valence electrons. The zero-order chi connectivity index (χ0) is 14.4. The predicted molar refractivity (Wildman–Crippen MR) is 70.1 cm³/mol. The molecule has 1 aliphatic heterocycles. The molecular formula is C13H19N3O4. The van der Waals surface area contributed by atoms with Crippen LogP contribution in [0.4, 0.5) is 0 Å². The molecular weight excluding hydrogens is 262 g/mol. The number of ether oxygens (including phenoxy) is 2. The quantitative estimate of drug-likeness (QED) is 0.772. The van der Waals surface area contributed by atoms with E-state index in [1.165, 1.54) is 19.6 Å². The summed E-state index contributed by atoms with van der Waals surface area (Å²) in [6.07, 6.45) is 5.09. The molecule has 1 fully saturated rings. The topological polar surface area (TPSA) is 84.5 Å². The number of rotatable bonds is 6. The van der Waals surface area contributed by atoms with Crippen molar-refractivity contribution in [2.75, 3.05) is 26.8 Å². The Balaban J connectivity index is 1.98. The SMILES string of the molecule is COC(=O)CCN(CC1CCCO1)C(=O)c1cnc[nH]1. The molecule has 1 N–H and O–H groups in total. The summed E-state index contributed by atoms with van der Waals surface area (Å²) in [7, 11) is 1.34. The highest BCUT2D eigenvalue weighted by Gasteiger charge is 2.24. The molecule has 0 spiro atoms. The highest BCUT2D eigenvalue weighted by molar-refractivity contribution is 5.92. The molecule has 1 amide bonds. The third kappa shape index (κ3) is 3.80. The van der Waals surface area contributed by atoms with Crippen molar-refractivity contribution < 1.29 is 19.1 Å². The zero-order valence-electron chi connectivity index (χ0n) is 11.5. The van der Waals surface area contributed by atoms with Crippen LogP contribution in [-0.4, -0.2) is 59.7 Å². The average molecular weight is 281 g/mol. The van der Waals surface area contributed by atoms with Gasteiger partial charge in [-0.3, -0.25) is 9.59 Å². The molecule has 1 saturated heterocycles. The Morgan fingerprint density at radius 3 is 3.05 bits per heavy atom. The molecule has 0 saturated carbocycles. The number of carbonyl (C=O) groups is 2. The zero-order valence-corrected chi connectivity index (χ0v) is 11.5. The third-order valence-electron chi connectivity index (χ3n) is 3.28. The number of methoxy groups -OCH3 is 1. The Bertz CT molecular complexity index is 440. The molecule has 2 heterocycles. The maximum absolute atomic E-state index is 12.3. The second kappa shape index (κ2) is 7.04. The number of nitrogens with one attached hydrogen (secondary N) is 1. The summed E-state index contributed by atoms with van der Waals surface area (Å²) in [4.78, 5) is 31.8. The summed E-state index contributed by atoms with van der Waals surface area (Å²) >= 11 is 0. The van der Waals surface area contributed by atoms with Gasteiger partial charge >= 0.3 is 5.97 Å². The first-order valence-corrected chi connectivity index (χ1v) is 6.66. The molecule has 1 aliphatic rings. The first-order valence-electron chi connectivity index (χ1n) is 6.66. The Labute approximate surface area is 117 Å². The third-order valence-corrected chi connectivity index (χ3v) is 3.28. The van der Waals surface area contributed by atoms with Gasteiger partial charge in [0.2, 0.25) is 0 Å². The number of esters is 1. The Morgan fingerprint density at radius 2 is 2.45 bits per heavy atom. The van der Waals surface area contributed by atoms with E-state index in [0.717, 1.165) is 19.4 Å². The first kappa shape index (κ1) is 14.5. The van der Waals surface area contributed by atoms with Crippen LogP contribution in [0.25, 0.3) is 0 Å². The molecule has 1 atom stereocenters. The van der Waals surface area contributed by atoms with Gasteiger partial charge in [0, 0.05) is 19.7 Å². The number of hydrogen-bond donors (Lipinski definition) is 1. The Hall–Kier alpha value is -1.89. The standard InChI is InChI=1S/C13H19N3O4/c1-19-12(17)4-5-16(8-10-3-2-6-20-10)13(18)11-7-14-9-15-11/h7,9-10H,2-6,8H2,1H3,(H,14,15). The number of aromatic nitrogens is 2. The number of carbonyl (C=O) groups excluding carboxylic acids is 2. The molecule has 0 bridgehead atoms. The fraction of sp³-hybridized carbons (Fsp3) is 0.615. The fourth-order valence-electron chi connectivity index (χ4n) is 2.18. The monoisotopic (exact) mass is 281 g/mol. The molecule has 7 heteroatoms. The van der Waals surface area contributed by atoms with Gasteiger partial charge in [-0.05, 0) is 12.8 Å². The average Bonchev–Trinajstić information content (AvgIpc) is 3.14. The minimum absolute atomic E-state index is 0.0412. The van der Waals surface area contributed by atoms with Crippen LogP contribution < -0.4 is 0 Å². The number of amides is 1. The summed E-state index contributed by atoms with van der Waals surface area (Å²) in [5.41, 5.74) is 0.410. The summed E-state index contributed by atoms with van der Waals surface area (Å²) in [6, 6.07) is 0. The first-order chi connectivity index (χ1) is 9.70. The van der Waals surface area contributed by atoms with Crippen LogP contribution in [0.15, 0.2) is 12.5 Å². The maximum atomic E-state index is 12.3. The summed E-state index contributed by atoms with van der Waals surface area (Å²) in [5.74, 6) is -0.512. The molecule has 2 rings (SSSR count). The predicted octanol–water partition coefficient (Wildman–Crippen LogP) is 0.594. The number of H-pyrrole nitrogens is 1. The van der Waals surface area contributed by atoms with Gasteiger partial charge < -0.3 is 19.4 Å². The maximum Gasteiger partial charge on any atom is 0.307 e. The lowest BCUT2D eigenvalue weighted by molar-refractivity contribution is -0.140. The smallest absolute Gasteiger partial charge is 0.307 e. The number of aromatic amines is 1. The highest BCUT2D eigenvalue weighted by Crippen LogP contribution is 2.15. The van der Waals surface area contributed by atoms with Crippen LogP contribution in [0.1, 0.15) is 29.8 Å². The molecule has 7 nitrogen and oxygen atoms in total. The van der Waals surface area contributed by atoms with Crippen molar-refractivity contribution in [1.29, 1.82) is 0 Å². The van der Waals surface area contributed by atoms with Crippen LogP contribution in [0.3, 0.4) is 0 Å². The van der Waals surface area contributed by atoms with E-state index in [1.807, 2.05) is 0 Å². The van der Waals surface area contributed by atoms with E-state index in [9.17, 15) is 9.59 Å². The summed E-state index contributed by atoms with van der Waals surface area (Å²) in [6.45, 7) is 1.52. The number of hydrogen-bond acceptors (Lipinski definition) is 5. The summed E-state index contributed by atoms with van der Waals surface area (Å²) < 4.78 is 10.2. The van der Waals surface area contributed by atoms with Gasteiger partial charge in [0.05, 0.1) is 32.2 Å². The highest BCUT2D eigenvalue weighted by atomic mass is 16.5. The normalized spacial score (nSPS) is 17.9. The van der Waals surface area contributed by atoms with Gasteiger partial charge in [-0.1, -0.05) is 0 Å². The minimum atomic E-state index is -0.334. The van der Waals surface area contributed by atoms with Crippen molar-refractivity contribution in [2.45, 2.75) is 25.4 Å². The van der Waals surface area contributed by atoms with Crippen molar-refractivity contribution in [3.05, 3.63) is 18.2 Å². The molecule has 0 aliphatic carbocycles. The largest absolute Gasteiger partial charge is 0.469 e. The van der Waals surface area contributed by atoms with E-state index in [1.54, 1.807) is 4.90 Å². The van der Waals surface area contributed by atoms with Crippen LogP contribution in [-0.2, 0) is 14.3 Å². The van der Waals surface area contributed by atoms with E-state index in [-0.39, 0.29) is 24.4 Å². The van der Waals surface area contributed by atoms with E-state index in [2.05, 4.69) is 14.7 Å². The van der Waals surface area contributed by atoms with E-state index < -0.39 is 0 Å². The second-order valence-corrected chi connectivity index (χ2v) is 4.68. The van der Waals surface area contributed by atoms with Crippen molar-refractivity contribution in [3.8, 4) is 0 Å². The molecule has 0 radical (unpaired) electrons. The van der Waals surface area contributed by atoms with Gasteiger partial charge in [0.15, 0.2) is 0 Å². The van der Waals surface area contributed by atoms with Crippen molar-refractivity contribution in [2.24, 2.45) is 0 Å².